The standard InChI is InChI=1S/C9H17N3/c1-8(2)12-7-5-9(11-12)4-3-6-10/h5,7-8H,3-4,6,10H2,1-2H3. The van der Waals surface area contributed by atoms with Gasteiger partial charge in [-0.3, -0.25) is 4.68 Å². The van der Waals surface area contributed by atoms with Crippen molar-refractivity contribution in [2.75, 3.05) is 6.54 Å². The van der Waals surface area contributed by atoms with Crippen molar-refractivity contribution in [1.82, 2.24) is 9.78 Å². The van der Waals surface area contributed by atoms with Crippen LogP contribution in [0.1, 0.15) is 32.0 Å². The Morgan fingerprint density at radius 1 is 1.58 bits per heavy atom. The molecule has 0 atom stereocenters. The molecule has 0 saturated carbocycles. The van der Waals surface area contributed by atoms with Gasteiger partial charge in [0.05, 0.1) is 5.69 Å². The highest BCUT2D eigenvalue weighted by Crippen LogP contribution is 2.05. The smallest absolute Gasteiger partial charge is 0.0625 e. The molecule has 0 amide bonds. The maximum absolute atomic E-state index is 5.41. The molecule has 0 unspecified atom stereocenters. The van der Waals surface area contributed by atoms with E-state index in [0.29, 0.717) is 6.04 Å². The SMILES string of the molecule is CC(C)n1ccc(CCCN)n1. The number of nitrogens with two attached hydrogens (primary N) is 1. The van der Waals surface area contributed by atoms with Crippen LogP contribution >= 0.6 is 0 Å². The third kappa shape index (κ3) is 2.34. The van der Waals surface area contributed by atoms with Crippen LogP contribution in [0.4, 0.5) is 0 Å². The summed E-state index contributed by atoms with van der Waals surface area (Å²) in [6, 6.07) is 2.52. The summed E-state index contributed by atoms with van der Waals surface area (Å²) in [5.41, 5.74) is 6.56. The Morgan fingerprint density at radius 3 is 2.83 bits per heavy atom. The van der Waals surface area contributed by atoms with Gasteiger partial charge in [0.15, 0.2) is 0 Å². The Kier molecular flexibility index (Phi) is 3.29. The van der Waals surface area contributed by atoms with Crippen LogP contribution in [0.3, 0.4) is 0 Å². The van der Waals surface area contributed by atoms with Gasteiger partial charge < -0.3 is 5.73 Å². The number of hydrogen-bond donors (Lipinski definition) is 1. The van der Waals surface area contributed by atoms with E-state index in [1.54, 1.807) is 0 Å². The zero-order chi connectivity index (χ0) is 8.97. The maximum atomic E-state index is 5.41. The van der Waals surface area contributed by atoms with Crippen LogP contribution in [-0.2, 0) is 6.42 Å². The lowest BCUT2D eigenvalue weighted by molar-refractivity contribution is 0.525. The van der Waals surface area contributed by atoms with Gasteiger partial charge in [-0.1, -0.05) is 0 Å². The largest absolute Gasteiger partial charge is 0.330 e. The summed E-state index contributed by atoms with van der Waals surface area (Å²) in [7, 11) is 0. The monoisotopic (exact) mass is 167 g/mol. The maximum Gasteiger partial charge on any atom is 0.0625 e. The molecular formula is C9H17N3. The molecule has 3 heteroatoms. The van der Waals surface area contributed by atoms with Gasteiger partial charge in [-0.05, 0) is 39.3 Å². The van der Waals surface area contributed by atoms with Crippen LogP contribution in [0.15, 0.2) is 12.3 Å². The van der Waals surface area contributed by atoms with E-state index in [2.05, 4.69) is 25.0 Å². The van der Waals surface area contributed by atoms with Crippen molar-refractivity contribution in [2.45, 2.75) is 32.7 Å². The van der Waals surface area contributed by atoms with Crippen LogP contribution in [0.2, 0.25) is 0 Å². The Morgan fingerprint density at radius 2 is 2.33 bits per heavy atom. The Bertz CT molecular complexity index is 227. The molecular weight excluding hydrogens is 150 g/mol. The fourth-order valence-electron chi connectivity index (χ4n) is 1.08. The number of nitrogens with zero attached hydrogens (tertiary/aromatic N) is 2. The van der Waals surface area contributed by atoms with E-state index < -0.39 is 0 Å². The zero-order valence-electron chi connectivity index (χ0n) is 7.83. The first-order chi connectivity index (χ1) is 5.74. The summed E-state index contributed by atoms with van der Waals surface area (Å²) in [4.78, 5) is 0. The Hall–Kier alpha value is -0.830. The first-order valence-electron chi connectivity index (χ1n) is 4.48. The molecule has 12 heavy (non-hydrogen) atoms. The van der Waals surface area contributed by atoms with Crippen molar-refractivity contribution in [3.05, 3.63) is 18.0 Å². The predicted molar refractivity (Wildman–Crippen MR) is 50.0 cm³/mol. The molecule has 0 aliphatic carbocycles. The van der Waals surface area contributed by atoms with Gasteiger partial charge in [0, 0.05) is 12.2 Å². The molecule has 1 rings (SSSR count). The van der Waals surface area contributed by atoms with Crippen LogP contribution in [0, 0.1) is 0 Å². The second-order valence-corrected chi connectivity index (χ2v) is 3.27. The van der Waals surface area contributed by atoms with Crippen LogP contribution < -0.4 is 5.73 Å². The predicted octanol–water partition coefficient (Wildman–Crippen LogP) is 1.36. The highest BCUT2D eigenvalue weighted by molar-refractivity contribution is 4.99. The molecule has 0 aliphatic rings. The molecule has 0 saturated heterocycles. The number of hydrogen-bond acceptors (Lipinski definition) is 2. The molecule has 3 nitrogen and oxygen atoms in total. The molecule has 1 aromatic rings. The van der Waals surface area contributed by atoms with Crippen LogP contribution in [0.25, 0.3) is 0 Å². The van der Waals surface area contributed by atoms with Gasteiger partial charge in [-0.2, -0.15) is 5.10 Å². The quantitative estimate of drug-likeness (QED) is 0.735. The van der Waals surface area contributed by atoms with Crippen LogP contribution in [0.5, 0.6) is 0 Å². The van der Waals surface area contributed by atoms with Crippen LogP contribution in [-0.4, -0.2) is 16.3 Å². The van der Waals surface area contributed by atoms with Crippen molar-refractivity contribution >= 4 is 0 Å². The lowest BCUT2D eigenvalue weighted by Gasteiger charge is -2.03. The first kappa shape index (κ1) is 9.26. The van der Waals surface area contributed by atoms with E-state index in [4.69, 9.17) is 5.73 Å². The lowest BCUT2D eigenvalue weighted by atomic mass is 10.2. The average Bonchev–Trinajstić information content (AvgIpc) is 2.48. The summed E-state index contributed by atoms with van der Waals surface area (Å²) >= 11 is 0. The van der Waals surface area contributed by atoms with Crippen molar-refractivity contribution < 1.29 is 0 Å². The highest BCUT2D eigenvalue weighted by atomic mass is 15.3. The molecule has 68 valence electrons. The van der Waals surface area contributed by atoms with E-state index >= 15 is 0 Å². The summed E-state index contributed by atoms with van der Waals surface area (Å²) in [5.74, 6) is 0. The molecule has 0 aliphatic heterocycles. The summed E-state index contributed by atoms with van der Waals surface area (Å²) in [5, 5.41) is 4.41. The second-order valence-electron chi connectivity index (χ2n) is 3.27. The molecule has 0 radical (unpaired) electrons. The van der Waals surface area contributed by atoms with Crippen molar-refractivity contribution in [3.8, 4) is 0 Å². The molecule has 1 aromatic heterocycles. The Balaban J connectivity index is 2.52. The van der Waals surface area contributed by atoms with Gasteiger partial charge in [-0.15, -0.1) is 0 Å². The summed E-state index contributed by atoms with van der Waals surface area (Å²) in [6.07, 6.45) is 4.04. The van der Waals surface area contributed by atoms with E-state index in [9.17, 15) is 0 Å². The minimum Gasteiger partial charge on any atom is -0.330 e. The molecule has 0 spiro atoms. The molecule has 0 bridgehead atoms. The molecule has 0 fully saturated rings. The number of aryl methyl sites for hydroxylation is 1. The van der Waals surface area contributed by atoms with Gasteiger partial charge in [0.25, 0.3) is 0 Å². The average molecular weight is 167 g/mol. The van der Waals surface area contributed by atoms with Gasteiger partial charge in [-0.25, -0.2) is 0 Å². The zero-order valence-corrected chi connectivity index (χ0v) is 7.83. The van der Waals surface area contributed by atoms with Gasteiger partial charge >= 0.3 is 0 Å². The van der Waals surface area contributed by atoms with Crippen molar-refractivity contribution in [3.63, 3.8) is 0 Å². The number of rotatable bonds is 4. The van der Waals surface area contributed by atoms with E-state index in [1.807, 2.05) is 10.9 Å². The third-order valence-corrected chi connectivity index (χ3v) is 1.83. The number of aromatic nitrogens is 2. The third-order valence-electron chi connectivity index (χ3n) is 1.83. The van der Waals surface area contributed by atoms with Gasteiger partial charge in [0.1, 0.15) is 0 Å². The highest BCUT2D eigenvalue weighted by Gasteiger charge is 2.00. The van der Waals surface area contributed by atoms with Crippen molar-refractivity contribution in [2.24, 2.45) is 5.73 Å². The molecule has 2 N–H and O–H groups in total. The Labute approximate surface area is 73.6 Å². The van der Waals surface area contributed by atoms with Gasteiger partial charge in [0.2, 0.25) is 0 Å². The fraction of sp³-hybridized carbons (Fsp3) is 0.667. The second kappa shape index (κ2) is 4.26. The lowest BCUT2D eigenvalue weighted by Crippen LogP contribution is -2.03. The van der Waals surface area contributed by atoms with E-state index in [1.165, 1.54) is 0 Å². The first-order valence-corrected chi connectivity index (χ1v) is 4.48. The van der Waals surface area contributed by atoms with E-state index in [0.717, 1.165) is 25.1 Å². The fourth-order valence-corrected chi connectivity index (χ4v) is 1.08. The van der Waals surface area contributed by atoms with Crippen molar-refractivity contribution in [1.29, 1.82) is 0 Å². The summed E-state index contributed by atoms with van der Waals surface area (Å²) < 4.78 is 1.98. The van der Waals surface area contributed by atoms with E-state index in [-0.39, 0.29) is 0 Å². The topological polar surface area (TPSA) is 43.8 Å². The summed E-state index contributed by atoms with van der Waals surface area (Å²) in [6.45, 7) is 4.99. The minimum absolute atomic E-state index is 0.455. The molecule has 1 heterocycles. The molecule has 0 aromatic carbocycles. The minimum atomic E-state index is 0.455. The normalized spacial score (nSPS) is 11.0.